The number of rotatable bonds is 8. The van der Waals surface area contributed by atoms with Crippen molar-refractivity contribution in [3.05, 3.63) is 0 Å². The molecule has 16 unspecified atom stereocenters. The van der Waals surface area contributed by atoms with E-state index in [2.05, 4.69) is 5.32 Å². The second-order valence-electron chi connectivity index (χ2n) is 14.1. The van der Waals surface area contributed by atoms with Crippen molar-refractivity contribution in [3.8, 4) is 0 Å². The first kappa shape index (κ1) is 33.3. The number of hydrogen-bond acceptors (Lipinski definition) is 11. The molecule has 3 aliphatic carbocycles. The van der Waals surface area contributed by atoms with Crippen molar-refractivity contribution in [3.63, 3.8) is 0 Å². The summed E-state index contributed by atoms with van der Waals surface area (Å²) in [5.41, 5.74) is 4.15. The standard InChI is InChI=1S/C31H52N2O10/c1-4-16-19(41-3)12-20(25-24(16)26(36)17-9-14(2)10-18(35)23(17)27(25)37)42-30-28(38)29(39)31(40,21(13-34)43-30)7-5-15-6-8-33-22(32)11-15/h14-25,28-30,33-35,38-40H,4-13,32H2,1-3H3/p+1. The van der Waals surface area contributed by atoms with Crippen LogP contribution < -0.4 is 11.1 Å². The zero-order valence-electron chi connectivity index (χ0n) is 25.7. The van der Waals surface area contributed by atoms with Gasteiger partial charge >= 0.3 is 0 Å². The molecule has 5 fully saturated rings. The van der Waals surface area contributed by atoms with Gasteiger partial charge in [0.05, 0.1) is 43.3 Å². The van der Waals surface area contributed by atoms with E-state index in [4.69, 9.17) is 19.9 Å². The van der Waals surface area contributed by atoms with Gasteiger partial charge in [-0.25, -0.2) is 0 Å². The van der Waals surface area contributed by atoms with Crippen LogP contribution in [0, 0.1) is 41.4 Å². The van der Waals surface area contributed by atoms with Crippen molar-refractivity contribution in [2.45, 2.75) is 120 Å². The van der Waals surface area contributed by atoms with Gasteiger partial charge in [-0.2, -0.15) is 0 Å². The van der Waals surface area contributed by atoms with Crippen LogP contribution in [0.5, 0.6) is 0 Å². The van der Waals surface area contributed by atoms with Gasteiger partial charge in [0, 0.05) is 31.8 Å². The molecule has 43 heavy (non-hydrogen) atoms. The lowest BCUT2D eigenvalue weighted by Gasteiger charge is -2.54. The first-order valence-corrected chi connectivity index (χ1v) is 16.3. The molecule has 5 rings (SSSR count). The third-order valence-corrected chi connectivity index (χ3v) is 11.5. The van der Waals surface area contributed by atoms with Crippen LogP contribution in [0.25, 0.3) is 0 Å². The minimum absolute atomic E-state index is 0.0248. The minimum Gasteiger partial charge on any atom is -0.394 e. The fourth-order valence-electron chi connectivity index (χ4n) is 9.24. The normalized spacial score (nSPS) is 50.7. The van der Waals surface area contributed by atoms with Crippen molar-refractivity contribution in [1.29, 1.82) is 0 Å². The molecule has 2 heterocycles. The number of methoxy groups -OCH3 is 1. The highest BCUT2D eigenvalue weighted by Crippen LogP contribution is 2.52. The molecule has 0 spiro atoms. The third kappa shape index (κ3) is 6.09. The molecule has 246 valence electrons. The summed E-state index contributed by atoms with van der Waals surface area (Å²) in [5.74, 6) is -3.03. The van der Waals surface area contributed by atoms with E-state index in [1.165, 1.54) is 0 Å². The van der Waals surface area contributed by atoms with Crippen molar-refractivity contribution in [2.24, 2.45) is 47.2 Å². The van der Waals surface area contributed by atoms with Crippen LogP contribution in [0.4, 0.5) is 0 Å². The lowest BCUT2D eigenvalue weighted by Crippen LogP contribution is -2.94. The Kier molecular flexibility index (Phi) is 10.3. The number of piperidine rings is 1. The smallest absolute Gasteiger partial charge is 0.187 e. The van der Waals surface area contributed by atoms with E-state index in [1.54, 1.807) is 7.11 Å². The van der Waals surface area contributed by atoms with Crippen LogP contribution in [-0.4, -0.2) is 112 Å². The van der Waals surface area contributed by atoms with Crippen LogP contribution in [0.15, 0.2) is 0 Å². The molecule has 0 aromatic heterocycles. The maximum atomic E-state index is 14.1. The largest absolute Gasteiger partial charge is 0.394 e. The second-order valence-corrected chi connectivity index (χ2v) is 14.1. The molecule has 0 aromatic carbocycles. The molecular formula is C31H53N2O10+. The van der Waals surface area contributed by atoms with Gasteiger partial charge in [0.1, 0.15) is 41.6 Å². The van der Waals surface area contributed by atoms with Gasteiger partial charge in [-0.05, 0) is 49.9 Å². The number of aliphatic hydroxyl groups excluding tert-OH is 4. The number of nitrogens with two attached hydrogens (primary N) is 2. The molecule has 2 aliphatic heterocycles. The number of carbonyl (C=O) groups is 2. The van der Waals surface area contributed by atoms with E-state index >= 15 is 0 Å². The Balaban J connectivity index is 1.37. The molecule has 12 nitrogen and oxygen atoms in total. The predicted octanol–water partition coefficient (Wildman–Crippen LogP) is -1.57. The fourth-order valence-corrected chi connectivity index (χ4v) is 9.24. The van der Waals surface area contributed by atoms with Gasteiger partial charge in [-0.15, -0.1) is 0 Å². The number of quaternary nitrogens is 1. The zero-order valence-corrected chi connectivity index (χ0v) is 25.7. The van der Waals surface area contributed by atoms with Gasteiger partial charge < -0.3 is 45.1 Å². The summed E-state index contributed by atoms with van der Waals surface area (Å²) in [6.45, 7) is 4.20. The Hall–Kier alpha value is -1.06. The topological polar surface area (TPSA) is 206 Å². The van der Waals surface area contributed by atoms with E-state index in [-0.39, 0.29) is 48.3 Å². The predicted molar refractivity (Wildman–Crippen MR) is 152 cm³/mol. The summed E-state index contributed by atoms with van der Waals surface area (Å²) in [7, 11) is 1.56. The maximum Gasteiger partial charge on any atom is 0.187 e. The van der Waals surface area contributed by atoms with Crippen LogP contribution in [0.1, 0.15) is 65.2 Å². The SMILES string of the molecule is CCC1C(OC)CC(OC2OC(CO)C(O)(CCC3CC[NH2+]C(N)C3)C(O)C2O)C2C(=O)C3C(O)CC(C)CC3C(=O)C12. The Bertz CT molecular complexity index is 998. The molecule has 12 heteroatoms. The third-order valence-electron chi connectivity index (χ3n) is 11.5. The Labute approximate surface area is 253 Å². The molecule has 0 bridgehead atoms. The number of ether oxygens (including phenoxy) is 3. The van der Waals surface area contributed by atoms with Crippen LogP contribution in [-0.2, 0) is 23.8 Å². The monoisotopic (exact) mass is 613 g/mol. The van der Waals surface area contributed by atoms with E-state index in [0.717, 1.165) is 19.4 Å². The van der Waals surface area contributed by atoms with Crippen molar-refractivity contribution >= 4 is 11.6 Å². The Morgan fingerprint density at radius 2 is 1.79 bits per heavy atom. The first-order valence-electron chi connectivity index (χ1n) is 16.3. The molecule has 9 N–H and O–H groups in total. The zero-order chi connectivity index (χ0) is 31.2. The highest BCUT2D eigenvalue weighted by atomic mass is 16.7. The molecule has 0 aromatic rings. The molecule has 3 saturated carbocycles. The summed E-state index contributed by atoms with van der Waals surface area (Å²) >= 11 is 0. The van der Waals surface area contributed by atoms with Gasteiger partial charge in [0.15, 0.2) is 6.29 Å². The highest BCUT2D eigenvalue weighted by Gasteiger charge is 2.62. The Morgan fingerprint density at radius 1 is 1.05 bits per heavy atom. The van der Waals surface area contributed by atoms with Gasteiger partial charge in [0.2, 0.25) is 0 Å². The molecule has 16 atom stereocenters. The minimum atomic E-state index is -1.93. The first-order chi connectivity index (χ1) is 20.4. The van der Waals surface area contributed by atoms with E-state index in [1.807, 2.05) is 13.8 Å². The Morgan fingerprint density at radius 3 is 2.44 bits per heavy atom. The van der Waals surface area contributed by atoms with E-state index in [0.29, 0.717) is 25.7 Å². The lowest BCUT2D eigenvalue weighted by molar-refractivity contribution is -0.699. The molecule has 2 saturated heterocycles. The molecular weight excluding hydrogens is 560 g/mol. The van der Waals surface area contributed by atoms with Crippen LogP contribution in [0.2, 0.25) is 0 Å². The summed E-state index contributed by atoms with van der Waals surface area (Å²) < 4.78 is 18.1. The number of fused-ring (bicyclic) bond motifs is 2. The molecule has 0 amide bonds. The summed E-state index contributed by atoms with van der Waals surface area (Å²) in [6, 6.07) is 0. The maximum absolute atomic E-state index is 14.1. The molecule has 5 aliphatic rings. The number of Topliss-reactive ketones (excluding diaryl/α,β-unsaturated/α-hetero) is 2. The fraction of sp³-hybridized carbons (Fsp3) is 0.935. The van der Waals surface area contributed by atoms with Gasteiger partial charge in [-0.3, -0.25) is 15.3 Å². The van der Waals surface area contributed by atoms with Crippen LogP contribution in [0.3, 0.4) is 0 Å². The number of carbonyl (C=O) groups excluding carboxylic acids is 2. The summed E-state index contributed by atoms with van der Waals surface area (Å²) in [5, 5.41) is 57.2. The summed E-state index contributed by atoms with van der Waals surface area (Å²) in [6.07, 6.45) is -4.19. The average molecular weight is 614 g/mol. The van der Waals surface area contributed by atoms with E-state index < -0.39 is 78.8 Å². The van der Waals surface area contributed by atoms with Gasteiger partial charge in [-0.1, -0.05) is 20.3 Å². The highest BCUT2D eigenvalue weighted by molar-refractivity contribution is 6.00. The average Bonchev–Trinajstić information content (AvgIpc) is 2.98. The second kappa shape index (κ2) is 13.4. The van der Waals surface area contributed by atoms with Crippen LogP contribution >= 0.6 is 0 Å². The number of hydrogen-bond donors (Lipinski definition) is 7. The lowest BCUT2D eigenvalue weighted by atomic mass is 9.52. The molecule has 0 radical (unpaired) electrons. The van der Waals surface area contributed by atoms with E-state index in [9.17, 15) is 35.1 Å². The number of aliphatic hydroxyl groups is 5. The van der Waals surface area contributed by atoms with Crippen molar-refractivity contribution in [1.82, 2.24) is 0 Å². The quantitative estimate of drug-likeness (QED) is 0.167. The number of ketones is 2. The summed E-state index contributed by atoms with van der Waals surface area (Å²) in [4.78, 5) is 28.2. The van der Waals surface area contributed by atoms with Crippen molar-refractivity contribution < 1.29 is 54.6 Å². The van der Waals surface area contributed by atoms with Crippen molar-refractivity contribution in [2.75, 3.05) is 20.3 Å². The van der Waals surface area contributed by atoms with Gasteiger partial charge in [0.25, 0.3) is 0 Å².